The van der Waals surface area contributed by atoms with E-state index in [2.05, 4.69) is 39.2 Å². The lowest BCUT2D eigenvalue weighted by atomic mass is 10.1. The van der Waals surface area contributed by atoms with Gasteiger partial charge in [-0.05, 0) is 51.7 Å². The summed E-state index contributed by atoms with van der Waals surface area (Å²) in [6.45, 7) is 5.58. The maximum atomic E-state index is 5.78. The molecule has 5 nitrogen and oxygen atoms in total. The highest BCUT2D eigenvalue weighted by molar-refractivity contribution is 5.39. The Kier molecular flexibility index (Phi) is 5.72. The van der Waals surface area contributed by atoms with Gasteiger partial charge in [0.25, 0.3) is 0 Å². The average Bonchev–Trinajstić information content (AvgIpc) is 2.47. The minimum atomic E-state index is 0.145. The molecule has 0 fully saturated rings. The summed E-state index contributed by atoms with van der Waals surface area (Å²) < 4.78 is 5.78. The molecule has 0 aliphatic rings. The molecule has 0 saturated carbocycles. The monoisotopic (exact) mass is 300 g/mol. The Morgan fingerprint density at radius 1 is 1.27 bits per heavy atom. The summed E-state index contributed by atoms with van der Waals surface area (Å²) in [5, 5.41) is 3.39. The van der Waals surface area contributed by atoms with Gasteiger partial charge >= 0.3 is 0 Å². The second-order valence-corrected chi connectivity index (χ2v) is 5.58. The molecule has 1 aromatic heterocycles. The van der Waals surface area contributed by atoms with E-state index in [1.807, 2.05) is 39.2 Å². The van der Waals surface area contributed by atoms with Crippen molar-refractivity contribution in [2.24, 2.45) is 0 Å². The van der Waals surface area contributed by atoms with Crippen LogP contribution in [-0.4, -0.2) is 42.1 Å². The van der Waals surface area contributed by atoms with Crippen LogP contribution in [0.5, 0.6) is 5.75 Å². The minimum absolute atomic E-state index is 0.145. The van der Waals surface area contributed by atoms with Gasteiger partial charge in [-0.15, -0.1) is 0 Å². The van der Waals surface area contributed by atoms with Crippen molar-refractivity contribution in [3.05, 3.63) is 47.9 Å². The number of nitrogens with zero attached hydrogens (tertiary/aromatic N) is 3. The van der Waals surface area contributed by atoms with Crippen LogP contribution in [0, 0.1) is 6.92 Å². The van der Waals surface area contributed by atoms with Crippen LogP contribution in [0.25, 0.3) is 0 Å². The molecular formula is C17H24N4O. The Morgan fingerprint density at radius 2 is 2.09 bits per heavy atom. The number of anilines is 1. The summed E-state index contributed by atoms with van der Waals surface area (Å²) >= 11 is 0. The molecule has 1 aromatic carbocycles. The van der Waals surface area contributed by atoms with Gasteiger partial charge in [0.1, 0.15) is 24.0 Å². The topological polar surface area (TPSA) is 50.3 Å². The smallest absolute Gasteiger partial charge is 0.130 e. The molecule has 1 atom stereocenters. The summed E-state index contributed by atoms with van der Waals surface area (Å²) in [5.74, 6) is 2.49. The zero-order valence-electron chi connectivity index (χ0n) is 13.7. The van der Waals surface area contributed by atoms with Crippen molar-refractivity contribution >= 4 is 5.82 Å². The van der Waals surface area contributed by atoms with E-state index in [0.29, 0.717) is 6.61 Å². The third kappa shape index (κ3) is 5.00. The third-order valence-electron chi connectivity index (χ3n) is 3.31. The fourth-order valence-corrected chi connectivity index (χ4v) is 2.06. The molecule has 5 heteroatoms. The van der Waals surface area contributed by atoms with Crippen molar-refractivity contribution in [3.63, 3.8) is 0 Å². The fraction of sp³-hybridized carbons (Fsp3) is 0.412. The lowest BCUT2D eigenvalue weighted by Gasteiger charge is -2.17. The molecule has 0 amide bonds. The molecular weight excluding hydrogens is 276 g/mol. The molecule has 0 radical (unpaired) electrons. The van der Waals surface area contributed by atoms with Crippen LogP contribution in [0.2, 0.25) is 0 Å². The highest BCUT2D eigenvalue weighted by atomic mass is 16.5. The maximum absolute atomic E-state index is 5.78. The van der Waals surface area contributed by atoms with Crippen molar-refractivity contribution in [3.8, 4) is 5.75 Å². The van der Waals surface area contributed by atoms with Crippen molar-refractivity contribution in [2.75, 3.05) is 32.6 Å². The van der Waals surface area contributed by atoms with Gasteiger partial charge in [-0.3, -0.25) is 0 Å². The predicted molar refractivity (Wildman–Crippen MR) is 89.3 cm³/mol. The number of rotatable bonds is 7. The Labute approximate surface area is 132 Å². The number of aromatic nitrogens is 2. The van der Waals surface area contributed by atoms with Crippen LogP contribution in [-0.2, 0) is 0 Å². The van der Waals surface area contributed by atoms with Gasteiger partial charge in [0.05, 0.1) is 6.04 Å². The van der Waals surface area contributed by atoms with E-state index in [9.17, 15) is 0 Å². The quantitative estimate of drug-likeness (QED) is 0.852. The van der Waals surface area contributed by atoms with Crippen LogP contribution in [0.15, 0.2) is 36.5 Å². The number of benzene rings is 1. The van der Waals surface area contributed by atoms with E-state index in [1.165, 1.54) is 5.56 Å². The zero-order valence-corrected chi connectivity index (χ0v) is 13.7. The van der Waals surface area contributed by atoms with Crippen LogP contribution in [0.4, 0.5) is 5.82 Å². The number of hydrogen-bond donors (Lipinski definition) is 1. The molecule has 0 spiro atoms. The molecule has 1 unspecified atom stereocenters. The van der Waals surface area contributed by atoms with Gasteiger partial charge in [0, 0.05) is 12.7 Å². The van der Waals surface area contributed by atoms with Crippen LogP contribution in [0.1, 0.15) is 24.4 Å². The number of aryl methyl sites for hydroxylation is 1. The molecule has 118 valence electrons. The third-order valence-corrected chi connectivity index (χ3v) is 3.31. The van der Waals surface area contributed by atoms with Crippen molar-refractivity contribution in [1.29, 1.82) is 0 Å². The van der Waals surface area contributed by atoms with Gasteiger partial charge in [-0.1, -0.05) is 12.1 Å². The number of nitrogens with one attached hydrogen (secondary N) is 1. The van der Waals surface area contributed by atoms with Gasteiger partial charge in [-0.25, -0.2) is 9.97 Å². The molecule has 1 heterocycles. The van der Waals surface area contributed by atoms with Crippen molar-refractivity contribution < 1.29 is 4.74 Å². The Morgan fingerprint density at radius 3 is 2.82 bits per heavy atom. The molecule has 22 heavy (non-hydrogen) atoms. The van der Waals surface area contributed by atoms with Crippen LogP contribution in [0.3, 0.4) is 0 Å². The highest BCUT2D eigenvalue weighted by Crippen LogP contribution is 2.22. The fourth-order valence-electron chi connectivity index (χ4n) is 2.06. The summed E-state index contributed by atoms with van der Waals surface area (Å²) in [6.07, 6.45) is 1.76. The van der Waals surface area contributed by atoms with Crippen molar-refractivity contribution in [2.45, 2.75) is 19.9 Å². The molecule has 1 N–H and O–H groups in total. The highest BCUT2D eigenvalue weighted by Gasteiger charge is 2.07. The molecule has 2 rings (SSSR count). The van der Waals surface area contributed by atoms with Crippen molar-refractivity contribution in [1.82, 2.24) is 14.9 Å². The Hall–Kier alpha value is -2.14. The van der Waals surface area contributed by atoms with E-state index < -0.39 is 0 Å². The SMILES string of the molecule is Cc1nccc(NC(C)c2cccc(OCCN(C)C)c2)n1. The van der Waals surface area contributed by atoms with Gasteiger partial charge in [0.2, 0.25) is 0 Å². The Bertz CT molecular complexity index is 601. The largest absolute Gasteiger partial charge is 0.492 e. The standard InChI is InChI=1S/C17H24N4O/c1-13(19-17-8-9-18-14(2)20-17)15-6-5-7-16(12-15)22-11-10-21(3)4/h5-9,12-13H,10-11H2,1-4H3,(H,18,19,20). The minimum Gasteiger partial charge on any atom is -0.492 e. The zero-order chi connectivity index (χ0) is 15.9. The van der Waals surface area contributed by atoms with E-state index in [0.717, 1.165) is 23.9 Å². The molecule has 0 bridgehead atoms. The van der Waals surface area contributed by atoms with E-state index in [1.54, 1.807) is 6.20 Å². The number of likely N-dealkylation sites (N-methyl/N-ethyl adjacent to an activating group) is 1. The average molecular weight is 300 g/mol. The first-order valence-corrected chi connectivity index (χ1v) is 7.48. The lowest BCUT2D eigenvalue weighted by molar-refractivity contribution is 0.261. The van der Waals surface area contributed by atoms with E-state index in [4.69, 9.17) is 4.74 Å². The van der Waals surface area contributed by atoms with Gasteiger partial charge in [0.15, 0.2) is 0 Å². The second kappa shape index (κ2) is 7.75. The summed E-state index contributed by atoms with van der Waals surface area (Å²) in [6, 6.07) is 10.2. The predicted octanol–water partition coefficient (Wildman–Crippen LogP) is 2.90. The first-order chi connectivity index (χ1) is 10.5. The van der Waals surface area contributed by atoms with E-state index >= 15 is 0 Å². The lowest BCUT2D eigenvalue weighted by Crippen LogP contribution is -2.19. The van der Waals surface area contributed by atoms with Crippen LogP contribution < -0.4 is 10.1 Å². The first-order valence-electron chi connectivity index (χ1n) is 7.48. The second-order valence-electron chi connectivity index (χ2n) is 5.58. The maximum Gasteiger partial charge on any atom is 0.130 e. The molecule has 0 saturated heterocycles. The molecule has 0 aliphatic heterocycles. The number of hydrogen-bond acceptors (Lipinski definition) is 5. The van der Waals surface area contributed by atoms with Gasteiger partial charge in [-0.2, -0.15) is 0 Å². The Balaban J connectivity index is 1.99. The van der Waals surface area contributed by atoms with Gasteiger partial charge < -0.3 is 15.0 Å². The summed E-state index contributed by atoms with van der Waals surface area (Å²) in [4.78, 5) is 10.6. The first kappa shape index (κ1) is 16.2. The summed E-state index contributed by atoms with van der Waals surface area (Å²) in [5.41, 5.74) is 1.17. The van der Waals surface area contributed by atoms with E-state index in [-0.39, 0.29) is 6.04 Å². The summed E-state index contributed by atoms with van der Waals surface area (Å²) in [7, 11) is 4.07. The molecule has 2 aromatic rings. The normalized spacial score (nSPS) is 12.2. The van der Waals surface area contributed by atoms with Crippen LogP contribution >= 0.6 is 0 Å². The molecule has 0 aliphatic carbocycles. The number of ether oxygens (including phenoxy) is 1.